The van der Waals surface area contributed by atoms with Crippen molar-refractivity contribution in [1.82, 2.24) is 0 Å². The number of carboxylic acid groups (broad SMARTS) is 1. The molecule has 0 spiro atoms. The number of benzene rings is 2. The van der Waals surface area contributed by atoms with E-state index in [0.717, 1.165) is 22.8 Å². The molecule has 3 nitrogen and oxygen atoms in total. The van der Waals surface area contributed by atoms with Crippen molar-refractivity contribution in [3.05, 3.63) is 47.5 Å². The molecule has 0 bridgehead atoms. The molecule has 2 rings (SSSR count). The van der Waals surface area contributed by atoms with Crippen molar-refractivity contribution in [3.63, 3.8) is 0 Å². The first-order chi connectivity index (χ1) is 12.2. The summed E-state index contributed by atoms with van der Waals surface area (Å²) < 4.78 is 6.67. The van der Waals surface area contributed by atoms with Crippen molar-refractivity contribution in [2.24, 2.45) is 0 Å². The third-order valence-corrected chi connectivity index (χ3v) is 11.8. The van der Waals surface area contributed by atoms with E-state index < -0.39 is 14.3 Å². The molecule has 2 aromatic rings. The minimum atomic E-state index is -1.87. The molecule has 0 aromatic heterocycles. The van der Waals surface area contributed by atoms with Gasteiger partial charge < -0.3 is 9.53 Å². The van der Waals surface area contributed by atoms with Gasteiger partial charge in [-0.25, -0.2) is 4.79 Å². The second-order valence-electron chi connectivity index (χ2n) is 8.04. The van der Waals surface area contributed by atoms with E-state index in [1.807, 2.05) is 30.3 Å². The second-order valence-corrected chi connectivity index (χ2v) is 13.5. The van der Waals surface area contributed by atoms with E-state index in [1.54, 1.807) is 6.07 Å². The molecule has 0 fully saturated rings. The van der Waals surface area contributed by atoms with E-state index >= 15 is 0 Å². The zero-order valence-electron chi connectivity index (χ0n) is 16.9. The molecule has 142 valence electrons. The summed E-state index contributed by atoms with van der Waals surface area (Å²) in [5, 5.41) is 11.2. The summed E-state index contributed by atoms with van der Waals surface area (Å²) in [5.74, 6) is -0.880. The monoisotopic (exact) mass is 372 g/mol. The average molecular weight is 373 g/mol. The van der Waals surface area contributed by atoms with Crippen LogP contribution in [0.1, 0.15) is 57.5 Å². The lowest BCUT2D eigenvalue weighted by atomic mass is 9.98. The molecule has 0 saturated heterocycles. The fourth-order valence-electron chi connectivity index (χ4n) is 4.60. The van der Waals surface area contributed by atoms with Gasteiger partial charge in [-0.15, -0.1) is 0 Å². The van der Waals surface area contributed by atoms with E-state index in [-0.39, 0.29) is 0 Å². The van der Waals surface area contributed by atoms with Crippen LogP contribution in [-0.2, 0) is 10.8 Å². The molecular formula is C22H32O3Si. The van der Waals surface area contributed by atoms with Crippen molar-refractivity contribution >= 4 is 25.1 Å². The Morgan fingerprint density at radius 3 is 1.96 bits per heavy atom. The minimum Gasteiger partial charge on any atom is -0.478 e. The normalized spacial score (nSPS) is 12.5. The highest BCUT2D eigenvalue weighted by atomic mass is 28.4. The summed E-state index contributed by atoms with van der Waals surface area (Å²) in [6, 6.07) is 11.4. The van der Waals surface area contributed by atoms with Crippen LogP contribution >= 0.6 is 0 Å². The first-order valence-electron chi connectivity index (χ1n) is 9.59. The van der Waals surface area contributed by atoms with E-state index in [0.29, 0.717) is 28.8 Å². The summed E-state index contributed by atoms with van der Waals surface area (Å²) in [4.78, 5) is 11.5. The Morgan fingerprint density at radius 1 is 0.923 bits per heavy atom. The molecule has 0 unspecified atom stereocenters. The predicted octanol–water partition coefficient (Wildman–Crippen LogP) is 6.27. The molecule has 0 atom stereocenters. The summed E-state index contributed by atoms with van der Waals surface area (Å²) in [7, 11) is -1.87. The molecular weight excluding hydrogens is 340 g/mol. The smallest absolute Gasteiger partial charge is 0.336 e. The van der Waals surface area contributed by atoms with Crippen molar-refractivity contribution in [2.75, 3.05) is 6.61 Å². The Morgan fingerprint density at radius 2 is 1.46 bits per heavy atom. The van der Waals surface area contributed by atoms with Crippen LogP contribution in [0, 0.1) is 0 Å². The number of carboxylic acids is 1. The van der Waals surface area contributed by atoms with Gasteiger partial charge in [0, 0.05) is 6.61 Å². The van der Waals surface area contributed by atoms with Crippen molar-refractivity contribution in [3.8, 4) is 0 Å². The Kier molecular flexibility index (Phi) is 6.64. The summed E-state index contributed by atoms with van der Waals surface area (Å²) in [6.07, 6.45) is 0.807. The van der Waals surface area contributed by atoms with Crippen LogP contribution in [0.4, 0.5) is 0 Å². The molecule has 0 saturated carbocycles. The van der Waals surface area contributed by atoms with Crippen LogP contribution < -0.4 is 0 Å². The van der Waals surface area contributed by atoms with Gasteiger partial charge in [0.25, 0.3) is 0 Å². The SMILES string of the molecule is CC(C)[Si](OCCc1ccc(C(=O)O)c2ccccc12)(C(C)C)C(C)C. The summed E-state index contributed by atoms with van der Waals surface area (Å²) in [6.45, 7) is 14.5. The summed E-state index contributed by atoms with van der Waals surface area (Å²) in [5.41, 5.74) is 3.21. The fourth-order valence-corrected chi connectivity index (χ4v) is 10.1. The van der Waals surface area contributed by atoms with Crippen LogP contribution in [0.25, 0.3) is 10.8 Å². The average Bonchev–Trinajstić information content (AvgIpc) is 2.57. The maximum atomic E-state index is 11.5. The Labute approximate surface area is 158 Å². The molecule has 0 aliphatic rings. The molecule has 0 amide bonds. The number of rotatable bonds is 8. The number of carbonyl (C=O) groups is 1. The van der Waals surface area contributed by atoms with Crippen molar-refractivity contribution < 1.29 is 14.3 Å². The van der Waals surface area contributed by atoms with Gasteiger partial charge in [-0.05, 0) is 45.4 Å². The van der Waals surface area contributed by atoms with Crippen molar-refractivity contribution in [2.45, 2.75) is 64.6 Å². The van der Waals surface area contributed by atoms with Crippen LogP contribution in [0.15, 0.2) is 36.4 Å². The fraction of sp³-hybridized carbons (Fsp3) is 0.500. The molecule has 0 aliphatic carbocycles. The molecule has 0 heterocycles. The molecule has 26 heavy (non-hydrogen) atoms. The maximum Gasteiger partial charge on any atom is 0.336 e. The Bertz CT molecular complexity index is 743. The van der Waals surface area contributed by atoms with Gasteiger partial charge in [0.15, 0.2) is 8.32 Å². The second kappa shape index (κ2) is 8.36. The highest BCUT2D eigenvalue weighted by Gasteiger charge is 2.44. The lowest BCUT2D eigenvalue weighted by Crippen LogP contribution is -2.48. The first-order valence-corrected chi connectivity index (χ1v) is 11.7. The third-order valence-electron chi connectivity index (χ3n) is 5.68. The minimum absolute atomic E-state index is 0.362. The van der Waals surface area contributed by atoms with Gasteiger partial charge >= 0.3 is 5.97 Å². The van der Waals surface area contributed by atoms with E-state index in [9.17, 15) is 9.90 Å². The van der Waals surface area contributed by atoms with Crippen LogP contribution in [0.3, 0.4) is 0 Å². The van der Waals surface area contributed by atoms with Crippen LogP contribution in [0.2, 0.25) is 16.6 Å². The Balaban J connectivity index is 2.27. The van der Waals surface area contributed by atoms with E-state index in [1.165, 1.54) is 0 Å². The maximum absolute atomic E-state index is 11.5. The lowest BCUT2D eigenvalue weighted by molar-refractivity contribution is 0.0699. The molecule has 2 aromatic carbocycles. The van der Waals surface area contributed by atoms with Gasteiger partial charge in [0.2, 0.25) is 0 Å². The molecule has 1 N–H and O–H groups in total. The number of hydrogen-bond acceptors (Lipinski definition) is 2. The molecule has 4 heteroatoms. The van der Waals surface area contributed by atoms with Gasteiger partial charge in [-0.3, -0.25) is 0 Å². The van der Waals surface area contributed by atoms with Gasteiger partial charge in [0.1, 0.15) is 0 Å². The van der Waals surface area contributed by atoms with Crippen LogP contribution in [-0.4, -0.2) is 26.0 Å². The lowest BCUT2D eigenvalue weighted by Gasteiger charge is -2.42. The molecule has 0 aliphatic heterocycles. The van der Waals surface area contributed by atoms with Crippen molar-refractivity contribution in [1.29, 1.82) is 0 Å². The zero-order valence-corrected chi connectivity index (χ0v) is 17.9. The van der Waals surface area contributed by atoms with Gasteiger partial charge in [0.05, 0.1) is 5.56 Å². The third kappa shape index (κ3) is 3.86. The number of hydrogen-bond donors (Lipinski definition) is 1. The van der Waals surface area contributed by atoms with E-state index in [4.69, 9.17) is 4.43 Å². The van der Waals surface area contributed by atoms with Gasteiger partial charge in [-0.1, -0.05) is 71.9 Å². The largest absolute Gasteiger partial charge is 0.478 e. The predicted molar refractivity (Wildman–Crippen MR) is 112 cm³/mol. The quantitative estimate of drug-likeness (QED) is 0.555. The number of fused-ring (bicyclic) bond motifs is 1. The topological polar surface area (TPSA) is 46.5 Å². The van der Waals surface area contributed by atoms with E-state index in [2.05, 4.69) is 41.5 Å². The van der Waals surface area contributed by atoms with Crippen LogP contribution in [0.5, 0.6) is 0 Å². The highest BCUT2D eigenvalue weighted by Crippen LogP contribution is 2.42. The number of aromatic carboxylic acids is 1. The molecule has 0 radical (unpaired) electrons. The highest BCUT2D eigenvalue weighted by molar-refractivity contribution is 6.77. The van der Waals surface area contributed by atoms with Gasteiger partial charge in [-0.2, -0.15) is 0 Å². The zero-order chi connectivity index (χ0) is 19.5. The Hall–Kier alpha value is -1.65. The summed E-state index contributed by atoms with van der Waals surface area (Å²) >= 11 is 0. The first kappa shape index (κ1) is 20.7. The standard InChI is InChI=1S/C22H32O3Si/c1-15(2)26(16(3)4,17(5)6)25-14-13-18-11-12-21(22(23)24)20-10-8-7-9-19(18)20/h7-12,15-17H,13-14H2,1-6H3,(H,23,24).